The van der Waals surface area contributed by atoms with Crippen molar-refractivity contribution >= 4 is 33.0 Å². The molecule has 2 aromatic carbocycles. The molecule has 0 bridgehead atoms. The molecule has 0 aliphatic heterocycles. The van der Waals surface area contributed by atoms with E-state index in [1.807, 2.05) is 38.1 Å². The van der Waals surface area contributed by atoms with Gasteiger partial charge in [-0.15, -0.1) is 11.3 Å². The summed E-state index contributed by atoms with van der Waals surface area (Å²) in [5.74, 6) is -0.203. The maximum atomic E-state index is 12.6. The number of amides is 1. The fourth-order valence-corrected chi connectivity index (χ4v) is 5.29. The number of hydrogen-bond donors (Lipinski definition) is 1. The van der Waals surface area contributed by atoms with Crippen molar-refractivity contribution in [2.24, 2.45) is 0 Å². The number of nitrogens with zero attached hydrogens (tertiary/aromatic N) is 1. The van der Waals surface area contributed by atoms with Gasteiger partial charge in [-0.2, -0.15) is 0 Å². The van der Waals surface area contributed by atoms with Crippen LogP contribution in [0.15, 0.2) is 70.3 Å². The molecular weight excluding hydrogens is 392 g/mol. The number of anilines is 1. The van der Waals surface area contributed by atoms with Crippen molar-refractivity contribution in [2.75, 3.05) is 11.4 Å². The van der Waals surface area contributed by atoms with Crippen LogP contribution in [0.4, 0.5) is 5.69 Å². The van der Waals surface area contributed by atoms with Crippen LogP contribution in [0.2, 0.25) is 0 Å². The van der Waals surface area contributed by atoms with E-state index < -0.39 is 10.0 Å². The van der Waals surface area contributed by atoms with E-state index in [0.29, 0.717) is 11.3 Å². The molecule has 0 radical (unpaired) electrons. The summed E-state index contributed by atoms with van der Waals surface area (Å²) in [5, 5.41) is 4.71. The standard InChI is InChI=1S/C21H22N2O3S2/c1-15-7-4-5-8-19(15)16(2)22-21(24)17-10-12-18(13-11-17)23(3)28(25,26)20-9-6-14-27-20/h4-14,16H,1-3H3,(H,22,24). The maximum Gasteiger partial charge on any atom is 0.273 e. The molecule has 3 rings (SSSR count). The monoisotopic (exact) mass is 414 g/mol. The van der Waals surface area contributed by atoms with E-state index in [2.05, 4.69) is 5.32 Å². The molecule has 7 heteroatoms. The van der Waals surface area contributed by atoms with Gasteiger partial charge in [-0.3, -0.25) is 9.10 Å². The number of rotatable bonds is 6. The highest BCUT2D eigenvalue weighted by Gasteiger charge is 2.22. The molecule has 1 atom stereocenters. The predicted molar refractivity (Wildman–Crippen MR) is 113 cm³/mol. The Labute approximate surface area is 169 Å². The highest BCUT2D eigenvalue weighted by Crippen LogP contribution is 2.25. The van der Waals surface area contributed by atoms with Gasteiger partial charge in [-0.25, -0.2) is 8.42 Å². The number of sulfonamides is 1. The van der Waals surface area contributed by atoms with Crippen LogP contribution in [-0.2, 0) is 10.0 Å². The van der Waals surface area contributed by atoms with Crippen molar-refractivity contribution in [1.29, 1.82) is 0 Å². The Hall–Kier alpha value is -2.64. The summed E-state index contributed by atoms with van der Waals surface area (Å²) < 4.78 is 26.7. The third-order valence-corrected chi connectivity index (χ3v) is 7.76. The number of carbonyl (C=O) groups excluding carboxylic acids is 1. The maximum absolute atomic E-state index is 12.6. The first-order chi connectivity index (χ1) is 13.3. The zero-order valence-electron chi connectivity index (χ0n) is 15.9. The van der Waals surface area contributed by atoms with Crippen molar-refractivity contribution in [3.63, 3.8) is 0 Å². The summed E-state index contributed by atoms with van der Waals surface area (Å²) >= 11 is 1.17. The number of benzene rings is 2. The molecular formula is C21H22N2O3S2. The smallest absolute Gasteiger partial charge is 0.273 e. The lowest BCUT2D eigenvalue weighted by Gasteiger charge is -2.19. The Kier molecular flexibility index (Phi) is 5.86. The molecule has 5 nitrogen and oxygen atoms in total. The number of carbonyl (C=O) groups is 1. The van der Waals surface area contributed by atoms with E-state index in [9.17, 15) is 13.2 Å². The van der Waals surface area contributed by atoms with Crippen LogP contribution in [0.1, 0.15) is 34.5 Å². The normalized spacial score (nSPS) is 12.4. The van der Waals surface area contributed by atoms with Crippen molar-refractivity contribution in [3.8, 4) is 0 Å². The van der Waals surface area contributed by atoms with Gasteiger partial charge < -0.3 is 5.32 Å². The Bertz CT molecular complexity index is 1060. The summed E-state index contributed by atoms with van der Waals surface area (Å²) in [6.07, 6.45) is 0. The Morgan fingerprint density at radius 2 is 1.71 bits per heavy atom. The molecule has 1 unspecified atom stereocenters. The van der Waals surface area contributed by atoms with Crippen LogP contribution in [0.5, 0.6) is 0 Å². The summed E-state index contributed by atoms with van der Waals surface area (Å²) in [6, 6.07) is 17.6. The van der Waals surface area contributed by atoms with Gasteiger partial charge in [-0.1, -0.05) is 30.3 Å². The molecule has 1 aromatic heterocycles. The molecule has 0 aliphatic rings. The lowest BCUT2D eigenvalue weighted by atomic mass is 10.0. The van der Waals surface area contributed by atoms with Gasteiger partial charge >= 0.3 is 0 Å². The van der Waals surface area contributed by atoms with Gasteiger partial charge in [-0.05, 0) is 60.7 Å². The summed E-state index contributed by atoms with van der Waals surface area (Å²) in [6.45, 7) is 3.95. The summed E-state index contributed by atoms with van der Waals surface area (Å²) in [4.78, 5) is 12.6. The van der Waals surface area contributed by atoms with Gasteiger partial charge in [0.1, 0.15) is 4.21 Å². The first kappa shape index (κ1) is 20.1. The van der Waals surface area contributed by atoms with Crippen molar-refractivity contribution in [1.82, 2.24) is 5.32 Å². The topological polar surface area (TPSA) is 66.5 Å². The Balaban J connectivity index is 1.73. The number of aryl methyl sites for hydroxylation is 1. The van der Waals surface area contributed by atoms with Gasteiger partial charge in [0.2, 0.25) is 0 Å². The van der Waals surface area contributed by atoms with E-state index in [1.54, 1.807) is 41.8 Å². The van der Waals surface area contributed by atoms with Crippen LogP contribution in [0.25, 0.3) is 0 Å². The highest BCUT2D eigenvalue weighted by molar-refractivity contribution is 7.94. The van der Waals surface area contributed by atoms with E-state index in [4.69, 9.17) is 0 Å². The highest BCUT2D eigenvalue weighted by atomic mass is 32.2. The minimum atomic E-state index is -3.59. The average Bonchev–Trinajstić information content (AvgIpc) is 3.23. The predicted octanol–water partition coefficient (Wildman–Crippen LogP) is 4.37. The average molecular weight is 415 g/mol. The van der Waals surface area contributed by atoms with Crippen LogP contribution in [-0.4, -0.2) is 21.4 Å². The Morgan fingerprint density at radius 1 is 1.04 bits per heavy atom. The largest absolute Gasteiger partial charge is 0.346 e. The molecule has 0 saturated heterocycles. The molecule has 146 valence electrons. The molecule has 3 aromatic rings. The van der Waals surface area contributed by atoms with Gasteiger partial charge in [0, 0.05) is 12.6 Å². The third kappa shape index (κ3) is 4.10. The van der Waals surface area contributed by atoms with Crippen LogP contribution in [0, 0.1) is 6.92 Å². The molecule has 0 fully saturated rings. The molecule has 1 amide bonds. The second-order valence-electron chi connectivity index (χ2n) is 6.50. The van der Waals surface area contributed by atoms with Crippen molar-refractivity contribution in [3.05, 3.63) is 82.7 Å². The van der Waals surface area contributed by atoms with Crippen molar-refractivity contribution in [2.45, 2.75) is 24.1 Å². The fraction of sp³-hybridized carbons (Fsp3) is 0.190. The lowest BCUT2D eigenvalue weighted by molar-refractivity contribution is 0.0940. The minimum Gasteiger partial charge on any atom is -0.346 e. The third-order valence-electron chi connectivity index (χ3n) is 4.61. The first-order valence-corrected chi connectivity index (χ1v) is 11.1. The molecule has 1 N–H and O–H groups in total. The summed E-state index contributed by atoms with van der Waals surface area (Å²) in [7, 11) is -2.09. The van der Waals surface area contributed by atoms with E-state index in [1.165, 1.54) is 22.7 Å². The summed E-state index contributed by atoms with van der Waals surface area (Å²) in [5.41, 5.74) is 3.16. The van der Waals surface area contributed by atoms with Crippen LogP contribution < -0.4 is 9.62 Å². The quantitative estimate of drug-likeness (QED) is 0.651. The second kappa shape index (κ2) is 8.16. The van der Waals surface area contributed by atoms with Crippen LogP contribution in [0.3, 0.4) is 0 Å². The van der Waals surface area contributed by atoms with Gasteiger partial charge in [0.05, 0.1) is 11.7 Å². The van der Waals surface area contributed by atoms with E-state index >= 15 is 0 Å². The molecule has 28 heavy (non-hydrogen) atoms. The van der Waals surface area contributed by atoms with Gasteiger partial charge in [0.25, 0.3) is 15.9 Å². The van der Waals surface area contributed by atoms with Gasteiger partial charge in [0.15, 0.2) is 0 Å². The number of nitrogens with one attached hydrogen (secondary N) is 1. The zero-order chi connectivity index (χ0) is 20.3. The number of thiophene rings is 1. The fourth-order valence-electron chi connectivity index (χ4n) is 2.94. The van der Waals surface area contributed by atoms with Crippen LogP contribution >= 0.6 is 11.3 Å². The number of hydrogen-bond acceptors (Lipinski definition) is 4. The molecule has 0 saturated carbocycles. The second-order valence-corrected chi connectivity index (χ2v) is 9.65. The van der Waals surface area contributed by atoms with Crippen molar-refractivity contribution < 1.29 is 13.2 Å². The minimum absolute atomic E-state index is 0.129. The van der Waals surface area contributed by atoms with E-state index in [0.717, 1.165) is 11.1 Å². The molecule has 0 aliphatic carbocycles. The Morgan fingerprint density at radius 3 is 2.32 bits per heavy atom. The van der Waals surface area contributed by atoms with E-state index in [-0.39, 0.29) is 16.2 Å². The molecule has 0 spiro atoms. The lowest BCUT2D eigenvalue weighted by Crippen LogP contribution is -2.28. The zero-order valence-corrected chi connectivity index (χ0v) is 17.5. The SMILES string of the molecule is Cc1ccccc1C(C)NC(=O)c1ccc(N(C)S(=O)(=O)c2cccs2)cc1. The molecule has 1 heterocycles. The first-order valence-electron chi connectivity index (χ1n) is 8.79.